The summed E-state index contributed by atoms with van der Waals surface area (Å²) >= 11 is 0. The lowest BCUT2D eigenvalue weighted by atomic mass is 10.0. The SMILES string of the molecule is COCC(=O)N1CCN(Cc2cccc(OCCn3nc(C)cc3C)c2)CC(O)(COc2ccc(C)cc2)C1. The van der Waals surface area contributed by atoms with Gasteiger partial charge in [-0.05, 0) is 56.7 Å². The van der Waals surface area contributed by atoms with Crippen LogP contribution < -0.4 is 9.47 Å². The summed E-state index contributed by atoms with van der Waals surface area (Å²) < 4.78 is 19.0. The second-order valence-electron chi connectivity index (χ2n) is 10.4. The molecule has 1 unspecified atom stereocenters. The zero-order chi connectivity index (χ0) is 27.8. The van der Waals surface area contributed by atoms with Crippen molar-refractivity contribution in [1.29, 1.82) is 0 Å². The van der Waals surface area contributed by atoms with Gasteiger partial charge in [0.05, 0.1) is 18.8 Å². The topological polar surface area (TPSA) is 89.3 Å². The van der Waals surface area contributed by atoms with Gasteiger partial charge in [-0.25, -0.2) is 0 Å². The number of rotatable bonds is 11. The van der Waals surface area contributed by atoms with Crippen LogP contribution in [0.3, 0.4) is 0 Å². The first-order valence-corrected chi connectivity index (χ1v) is 13.4. The van der Waals surface area contributed by atoms with Crippen LogP contribution in [0.15, 0.2) is 54.6 Å². The Bertz CT molecular complexity index is 1230. The van der Waals surface area contributed by atoms with Gasteiger partial charge >= 0.3 is 0 Å². The van der Waals surface area contributed by atoms with E-state index in [9.17, 15) is 9.90 Å². The summed E-state index contributed by atoms with van der Waals surface area (Å²) in [4.78, 5) is 16.5. The van der Waals surface area contributed by atoms with Gasteiger partial charge in [0.2, 0.25) is 5.91 Å². The van der Waals surface area contributed by atoms with Gasteiger partial charge in [0.1, 0.15) is 36.9 Å². The summed E-state index contributed by atoms with van der Waals surface area (Å²) in [7, 11) is 1.50. The van der Waals surface area contributed by atoms with E-state index in [2.05, 4.69) is 22.1 Å². The first kappa shape index (κ1) is 28.6. The number of methoxy groups -OCH3 is 1. The molecule has 0 spiro atoms. The van der Waals surface area contributed by atoms with E-state index in [1.165, 1.54) is 7.11 Å². The number of hydrogen-bond acceptors (Lipinski definition) is 7. The number of benzene rings is 2. The van der Waals surface area contributed by atoms with Crippen molar-refractivity contribution in [2.45, 2.75) is 39.5 Å². The molecule has 9 heteroatoms. The second kappa shape index (κ2) is 13.1. The Labute approximate surface area is 230 Å². The number of carbonyl (C=O) groups is 1. The van der Waals surface area contributed by atoms with Crippen LogP contribution in [0.4, 0.5) is 0 Å². The third-order valence-corrected chi connectivity index (χ3v) is 6.82. The van der Waals surface area contributed by atoms with Gasteiger partial charge in [-0.2, -0.15) is 5.10 Å². The lowest BCUT2D eigenvalue weighted by Gasteiger charge is -2.33. The van der Waals surface area contributed by atoms with E-state index in [1.54, 1.807) is 4.90 Å². The van der Waals surface area contributed by atoms with Crippen LogP contribution in [0.2, 0.25) is 0 Å². The molecule has 0 bridgehead atoms. The molecule has 1 atom stereocenters. The maximum Gasteiger partial charge on any atom is 0.248 e. The smallest absolute Gasteiger partial charge is 0.248 e. The third kappa shape index (κ3) is 8.29. The molecule has 1 fully saturated rings. The van der Waals surface area contributed by atoms with E-state index >= 15 is 0 Å². The number of aliphatic hydroxyl groups is 1. The van der Waals surface area contributed by atoms with Gasteiger partial charge in [-0.15, -0.1) is 0 Å². The van der Waals surface area contributed by atoms with Gasteiger partial charge in [0, 0.05) is 39.0 Å². The predicted molar refractivity (Wildman–Crippen MR) is 149 cm³/mol. The Morgan fingerprint density at radius 1 is 1.00 bits per heavy atom. The summed E-state index contributed by atoms with van der Waals surface area (Å²) in [6, 6.07) is 17.8. The normalized spacial score (nSPS) is 18.1. The van der Waals surface area contributed by atoms with Crippen LogP contribution in [0, 0.1) is 20.8 Å². The van der Waals surface area contributed by atoms with Crippen LogP contribution in [0.5, 0.6) is 11.5 Å². The van der Waals surface area contributed by atoms with E-state index in [-0.39, 0.29) is 25.7 Å². The zero-order valence-electron chi connectivity index (χ0n) is 23.4. The fraction of sp³-hybridized carbons (Fsp3) is 0.467. The van der Waals surface area contributed by atoms with Crippen LogP contribution in [-0.2, 0) is 22.6 Å². The first-order chi connectivity index (χ1) is 18.7. The molecule has 4 rings (SSSR count). The number of aryl methyl sites for hydroxylation is 3. The molecule has 0 saturated carbocycles. The molecule has 1 aliphatic rings. The van der Waals surface area contributed by atoms with E-state index < -0.39 is 5.60 Å². The molecule has 1 amide bonds. The minimum absolute atomic E-state index is 0.0219. The zero-order valence-corrected chi connectivity index (χ0v) is 23.4. The Balaban J connectivity index is 1.41. The molecule has 1 N–H and O–H groups in total. The second-order valence-corrected chi connectivity index (χ2v) is 10.4. The van der Waals surface area contributed by atoms with Crippen molar-refractivity contribution in [2.75, 3.05) is 53.1 Å². The van der Waals surface area contributed by atoms with Gasteiger partial charge < -0.3 is 24.2 Å². The quantitative estimate of drug-likeness (QED) is 0.403. The highest BCUT2D eigenvalue weighted by atomic mass is 16.5. The van der Waals surface area contributed by atoms with Crippen molar-refractivity contribution in [3.05, 3.63) is 77.1 Å². The van der Waals surface area contributed by atoms with Crippen LogP contribution in [0.25, 0.3) is 0 Å². The van der Waals surface area contributed by atoms with E-state index in [0.29, 0.717) is 45.1 Å². The number of β-amino-alcohol motifs (C(OH)–C–C–N with tert-alkyl or cyclic N) is 1. The van der Waals surface area contributed by atoms with Gasteiger partial charge in [-0.1, -0.05) is 29.8 Å². The predicted octanol–water partition coefficient (Wildman–Crippen LogP) is 2.99. The molecule has 39 heavy (non-hydrogen) atoms. The van der Waals surface area contributed by atoms with Gasteiger partial charge in [0.25, 0.3) is 0 Å². The number of ether oxygens (including phenoxy) is 3. The summed E-state index contributed by atoms with van der Waals surface area (Å²) in [6.07, 6.45) is 0. The number of carbonyl (C=O) groups excluding carboxylic acids is 1. The Hall–Kier alpha value is -3.40. The lowest BCUT2D eigenvalue weighted by Crippen LogP contribution is -2.52. The molecular weight excluding hydrogens is 496 g/mol. The summed E-state index contributed by atoms with van der Waals surface area (Å²) in [5.74, 6) is 1.33. The van der Waals surface area contributed by atoms with Crippen LogP contribution in [0.1, 0.15) is 22.5 Å². The lowest BCUT2D eigenvalue weighted by molar-refractivity contribution is -0.138. The van der Waals surface area contributed by atoms with E-state index in [1.807, 2.05) is 67.9 Å². The average molecular weight is 537 g/mol. The standard InChI is InChI=1S/C30H40N4O5/c1-23-8-10-27(11-9-23)39-22-30(36)20-32(12-13-33(21-30)29(35)19-37-4)18-26-6-5-7-28(17-26)38-15-14-34-25(3)16-24(2)31-34/h5-11,16-17,36H,12-15,18-22H2,1-4H3. The van der Waals surface area contributed by atoms with Crippen molar-refractivity contribution < 1.29 is 24.1 Å². The molecule has 0 aliphatic carbocycles. The van der Waals surface area contributed by atoms with Gasteiger partial charge in [-0.3, -0.25) is 14.4 Å². The summed E-state index contributed by atoms with van der Waals surface area (Å²) in [5.41, 5.74) is 3.06. The maximum atomic E-state index is 12.7. The molecule has 3 aromatic rings. The Morgan fingerprint density at radius 3 is 2.51 bits per heavy atom. The molecule has 1 aliphatic heterocycles. The largest absolute Gasteiger partial charge is 0.492 e. The van der Waals surface area contributed by atoms with E-state index in [0.717, 1.165) is 28.3 Å². The van der Waals surface area contributed by atoms with Gasteiger partial charge in [0.15, 0.2) is 0 Å². The summed E-state index contributed by atoms with van der Waals surface area (Å²) in [6.45, 7) is 9.53. The Morgan fingerprint density at radius 2 is 1.79 bits per heavy atom. The number of amides is 1. The molecule has 210 valence electrons. The number of hydrogen-bond donors (Lipinski definition) is 1. The Kier molecular flexibility index (Phi) is 9.61. The molecule has 9 nitrogen and oxygen atoms in total. The van der Waals surface area contributed by atoms with Crippen molar-refractivity contribution in [3.63, 3.8) is 0 Å². The molecular formula is C30H40N4O5. The van der Waals surface area contributed by atoms with E-state index in [4.69, 9.17) is 14.2 Å². The maximum absolute atomic E-state index is 12.7. The highest BCUT2D eigenvalue weighted by molar-refractivity contribution is 5.77. The number of aromatic nitrogens is 2. The van der Waals surface area contributed by atoms with Crippen molar-refractivity contribution in [2.24, 2.45) is 0 Å². The highest BCUT2D eigenvalue weighted by Crippen LogP contribution is 2.22. The molecule has 1 aromatic heterocycles. The fourth-order valence-corrected chi connectivity index (χ4v) is 4.89. The van der Waals surface area contributed by atoms with Crippen molar-refractivity contribution >= 4 is 5.91 Å². The number of nitrogens with zero attached hydrogens (tertiary/aromatic N) is 4. The minimum atomic E-state index is -1.25. The monoisotopic (exact) mass is 536 g/mol. The van der Waals surface area contributed by atoms with Crippen molar-refractivity contribution in [1.82, 2.24) is 19.6 Å². The van der Waals surface area contributed by atoms with Crippen LogP contribution >= 0.6 is 0 Å². The molecule has 2 heterocycles. The van der Waals surface area contributed by atoms with Crippen molar-refractivity contribution in [3.8, 4) is 11.5 Å². The molecule has 0 radical (unpaired) electrons. The minimum Gasteiger partial charge on any atom is -0.492 e. The molecule has 2 aromatic carbocycles. The fourth-order valence-electron chi connectivity index (χ4n) is 4.89. The average Bonchev–Trinajstić information content (AvgIpc) is 3.12. The molecule has 1 saturated heterocycles. The summed E-state index contributed by atoms with van der Waals surface area (Å²) in [5, 5.41) is 16.2. The van der Waals surface area contributed by atoms with Crippen LogP contribution in [-0.4, -0.2) is 89.3 Å². The third-order valence-electron chi connectivity index (χ3n) is 6.82. The first-order valence-electron chi connectivity index (χ1n) is 13.4. The highest BCUT2D eigenvalue weighted by Gasteiger charge is 2.37.